The van der Waals surface area contributed by atoms with Crippen LogP contribution in [0.25, 0.3) is 28.3 Å². The molecular formula is C30H32ClN5O4. The molecule has 0 amide bonds. The largest absolute Gasteiger partial charge is 0.452 e. The fourth-order valence-corrected chi connectivity index (χ4v) is 4.79. The Morgan fingerprint density at radius 1 is 1.02 bits per heavy atom. The number of hydrogen-bond acceptors (Lipinski definition) is 8. The number of hydroxylamine groups is 3. The second kappa shape index (κ2) is 10.6. The van der Waals surface area contributed by atoms with Crippen LogP contribution in [0.3, 0.4) is 0 Å². The molecule has 0 saturated carbocycles. The van der Waals surface area contributed by atoms with Gasteiger partial charge in [-0.3, -0.25) is 9.58 Å². The zero-order valence-corrected chi connectivity index (χ0v) is 23.6. The third-order valence-electron chi connectivity index (χ3n) is 7.08. The van der Waals surface area contributed by atoms with Crippen molar-refractivity contribution in [3.63, 3.8) is 0 Å². The number of aromatic nitrogens is 2. The molecule has 1 saturated heterocycles. The standard InChI is InChI=1S/C30H32ClN5O4/c1-30(2,3)29(37)40-34-15-12-33(13-16-34)14-17-35-25-9-8-24(18-22(25)20-32-35)36-11-10-26-28(39-36)19-27(38-26)21-4-6-23(31)7-5-21/h4-11,18-20H,12-17H2,1-3H3. The van der Waals surface area contributed by atoms with Crippen molar-refractivity contribution in [3.05, 3.63) is 71.7 Å². The van der Waals surface area contributed by atoms with Gasteiger partial charge in [0, 0.05) is 67.0 Å². The quantitative estimate of drug-likeness (QED) is 0.290. The van der Waals surface area contributed by atoms with Crippen molar-refractivity contribution < 1.29 is 18.9 Å². The van der Waals surface area contributed by atoms with Gasteiger partial charge in [0.25, 0.3) is 0 Å². The molecule has 0 atom stereocenters. The number of carbonyl (C=O) groups excluding carboxylic acids is 1. The lowest BCUT2D eigenvalue weighted by Crippen LogP contribution is -2.48. The number of piperazine rings is 1. The molecule has 0 aliphatic carbocycles. The number of fused-ring (bicyclic) bond motifs is 2. The number of hydrogen-bond donors (Lipinski definition) is 0. The van der Waals surface area contributed by atoms with Crippen LogP contribution in [0.15, 0.2) is 65.3 Å². The summed E-state index contributed by atoms with van der Waals surface area (Å²) in [5, 5.41) is 9.85. The molecule has 2 aromatic carbocycles. The second-order valence-electron chi connectivity index (χ2n) is 11.1. The summed E-state index contributed by atoms with van der Waals surface area (Å²) in [6, 6.07) is 15.6. The average molecular weight is 562 g/mol. The van der Waals surface area contributed by atoms with E-state index in [4.69, 9.17) is 25.7 Å². The van der Waals surface area contributed by atoms with Gasteiger partial charge < -0.3 is 14.1 Å². The molecule has 0 bridgehead atoms. The maximum absolute atomic E-state index is 12.2. The molecule has 2 aliphatic heterocycles. The molecule has 0 spiro atoms. The third-order valence-corrected chi connectivity index (χ3v) is 7.33. The van der Waals surface area contributed by atoms with Crippen molar-refractivity contribution in [1.82, 2.24) is 19.7 Å². The van der Waals surface area contributed by atoms with E-state index < -0.39 is 5.41 Å². The number of halogens is 1. The van der Waals surface area contributed by atoms with Gasteiger partial charge >= 0.3 is 5.97 Å². The number of carbonyl (C=O) groups is 1. The van der Waals surface area contributed by atoms with E-state index in [9.17, 15) is 4.79 Å². The number of rotatable bonds is 6. The van der Waals surface area contributed by atoms with Crippen LogP contribution >= 0.6 is 11.6 Å². The Kier molecular flexibility index (Phi) is 7.04. The van der Waals surface area contributed by atoms with Gasteiger partial charge in [-0.2, -0.15) is 10.2 Å². The molecule has 0 N–H and O–H groups in total. The van der Waals surface area contributed by atoms with Gasteiger partial charge in [-0.15, -0.1) is 5.06 Å². The lowest BCUT2D eigenvalue weighted by Gasteiger charge is -2.34. The van der Waals surface area contributed by atoms with E-state index in [1.54, 1.807) is 10.1 Å². The average Bonchev–Trinajstić information content (AvgIpc) is 3.56. The van der Waals surface area contributed by atoms with E-state index in [1.807, 2.05) is 80.3 Å². The Hall–Kier alpha value is -3.79. The summed E-state index contributed by atoms with van der Waals surface area (Å²) < 4.78 is 8.01. The second-order valence-corrected chi connectivity index (χ2v) is 11.5. The minimum absolute atomic E-state index is 0.193. The summed E-state index contributed by atoms with van der Waals surface area (Å²) in [4.78, 5) is 26.2. The Bertz CT molecular complexity index is 1540. The lowest BCUT2D eigenvalue weighted by atomic mass is 9.98. The first-order valence-corrected chi connectivity index (χ1v) is 13.8. The SMILES string of the molecule is CC(C)(C)C(=O)ON1CCN(CCn2ncc3cc(N4C=Cc5oc(-c6ccc(Cl)cc6)cc5O4)ccc32)CC1. The molecule has 0 unspecified atom stereocenters. The van der Waals surface area contributed by atoms with E-state index in [-0.39, 0.29) is 5.97 Å². The van der Waals surface area contributed by atoms with Crippen LogP contribution in [-0.2, 0) is 16.2 Å². The summed E-state index contributed by atoms with van der Waals surface area (Å²) in [7, 11) is 0. The molecule has 4 heterocycles. The Labute approximate surface area is 238 Å². The first-order valence-electron chi connectivity index (χ1n) is 13.4. The highest BCUT2D eigenvalue weighted by Gasteiger charge is 2.28. The fraction of sp³-hybridized carbons (Fsp3) is 0.333. The van der Waals surface area contributed by atoms with Gasteiger partial charge in [0.05, 0.1) is 29.4 Å². The smallest absolute Gasteiger partial charge is 0.330 e. The van der Waals surface area contributed by atoms with Crippen LogP contribution in [0.5, 0.6) is 5.75 Å². The Morgan fingerprint density at radius 2 is 1.80 bits per heavy atom. The van der Waals surface area contributed by atoms with Crippen LogP contribution in [0.4, 0.5) is 5.69 Å². The molecule has 6 rings (SSSR count). The van der Waals surface area contributed by atoms with Gasteiger partial charge in [-0.25, -0.2) is 4.79 Å². The van der Waals surface area contributed by atoms with Gasteiger partial charge in [0.15, 0.2) is 5.76 Å². The van der Waals surface area contributed by atoms with Gasteiger partial charge in [0.1, 0.15) is 5.76 Å². The molecule has 40 heavy (non-hydrogen) atoms. The number of nitrogens with zero attached hydrogens (tertiary/aromatic N) is 5. The van der Waals surface area contributed by atoms with Crippen molar-refractivity contribution >= 4 is 40.2 Å². The first-order chi connectivity index (χ1) is 19.2. The van der Waals surface area contributed by atoms with Crippen molar-refractivity contribution in [2.45, 2.75) is 27.3 Å². The highest BCUT2D eigenvalue weighted by atomic mass is 35.5. The molecule has 10 heteroatoms. The maximum Gasteiger partial charge on any atom is 0.330 e. The Morgan fingerprint density at radius 3 is 2.55 bits per heavy atom. The van der Waals surface area contributed by atoms with Crippen LogP contribution < -0.4 is 9.90 Å². The monoisotopic (exact) mass is 561 g/mol. The zero-order chi connectivity index (χ0) is 27.9. The summed E-state index contributed by atoms with van der Waals surface area (Å²) in [6.07, 6.45) is 5.63. The normalized spacial score (nSPS) is 16.2. The fourth-order valence-electron chi connectivity index (χ4n) is 4.67. The highest BCUT2D eigenvalue weighted by Crippen LogP contribution is 2.36. The summed E-state index contributed by atoms with van der Waals surface area (Å²) >= 11 is 6.02. The molecular weight excluding hydrogens is 530 g/mol. The van der Waals surface area contributed by atoms with Crippen molar-refractivity contribution in [2.75, 3.05) is 37.8 Å². The van der Waals surface area contributed by atoms with Crippen LogP contribution in [-0.4, -0.2) is 58.4 Å². The first kappa shape index (κ1) is 26.4. The molecule has 9 nitrogen and oxygen atoms in total. The van der Waals surface area contributed by atoms with E-state index in [2.05, 4.69) is 22.1 Å². The van der Waals surface area contributed by atoms with E-state index in [0.717, 1.165) is 54.1 Å². The van der Waals surface area contributed by atoms with Gasteiger partial charge in [0.2, 0.25) is 5.75 Å². The van der Waals surface area contributed by atoms with E-state index >= 15 is 0 Å². The van der Waals surface area contributed by atoms with E-state index in [0.29, 0.717) is 29.6 Å². The third kappa shape index (κ3) is 5.58. The summed E-state index contributed by atoms with van der Waals surface area (Å²) in [6.45, 7) is 10.3. The number of furan rings is 1. The Balaban J connectivity index is 1.06. The van der Waals surface area contributed by atoms with Crippen LogP contribution in [0, 0.1) is 5.41 Å². The van der Waals surface area contributed by atoms with Gasteiger partial charge in [-0.1, -0.05) is 11.6 Å². The maximum atomic E-state index is 12.2. The number of anilines is 1. The molecule has 208 valence electrons. The summed E-state index contributed by atoms with van der Waals surface area (Å²) in [5.41, 5.74) is 2.39. The molecule has 2 aliphatic rings. The van der Waals surface area contributed by atoms with Crippen molar-refractivity contribution in [3.8, 4) is 17.1 Å². The van der Waals surface area contributed by atoms with Crippen LogP contribution in [0.1, 0.15) is 26.5 Å². The van der Waals surface area contributed by atoms with Gasteiger partial charge in [-0.05, 0) is 63.2 Å². The van der Waals surface area contributed by atoms with Crippen molar-refractivity contribution in [1.29, 1.82) is 0 Å². The minimum atomic E-state index is -0.502. The predicted octanol–water partition coefficient (Wildman–Crippen LogP) is 5.86. The predicted molar refractivity (Wildman–Crippen MR) is 155 cm³/mol. The molecule has 2 aromatic heterocycles. The zero-order valence-electron chi connectivity index (χ0n) is 22.8. The molecule has 4 aromatic rings. The topological polar surface area (TPSA) is 76.2 Å². The van der Waals surface area contributed by atoms with Crippen LogP contribution in [0.2, 0.25) is 5.02 Å². The molecule has 0 radical (unpaired) electrons. The summed E-state index contributed by atoms with van der Waals surface area (Å²) in [5.74, 6) is 1.85. The number of benzene rings is 2. The van der Waals surface area contributed by atoms with Crippen molar-refractivity contribution in [2.24, 2.45) is 5.41 Å². The van der Waals surface area contributed by atoms with E-state index in [1.165, 1.54) is 0 Å². The minimum Gasteiger partial charge on any atom is -0.452 e. The lowest BCUT2D eigenvalue weighted by molar-refractivity contribution is -0.206. The highest BCUT2D eigenvalue weighted by molar-refractivity contribution is 6.30. The molecule has 1 fully saturated rings.